The summed E-state index contributed by atoms with van der Waals surface area (Å²) in [5.41, 5.74) is -2.64. The second kappa shape index (κ2) is 5.19. The van der Waals surface area contributed by atoms with E-state index >= 15 is 0 Å². The summed E-state index contributed by atoms with van der Waals surface area (Å²) in [6.07, 6.45) is 0. The maximum atomic E-state index is 12.6. The molecule has 1 nitrogen and oxygen atoms in total. The van der Waals surface area contributed by atoms with Gasteiger partial charge >= 0.3 is 5.25 Å². The molecule has 0 N–H and O–H groups in total. The van der Waals surface area contributed by atoms with Gasteiger partial charge in [-0.3, -0.25) is 0 Å². The van der Waals surface area contributed by atoms with Crippen molar-refractivity contribution in [2.45, 2.75) is 24.7 Å². The molecule has 74 valence electrons. The average Bonchev–Trinajstić information content (AvgIpc) is 2.00. The minimum atomic E-state index is -3.53. The Labute approximate surface area is 79.4 Å². The molecule has 0 bridgehead atoms. The van der Waals surface area contributed by atoms with Gasteiger partial charge in [0.1, 0.15) is 0 Å². The highest BCUT2D eigenvalue weighted by atomic mass is 35.5. The molecule has 0 saturated carbocycles. The van der Waals surface area contributed by atoms with Gasteiger partial charge in [0.2, 0.25) is 5.63 Å². The molecule has 1 atom stereocenters. The summed E-state index contributed by atoms with van der Waals surface area (Å²) in [5.74, 6) is 0. The summed E-state index contributed by atoms with van der Waals surface area (Å²) >= 11 is 4.81. The molecule has 0 aliphatic heterocycles. The number of hydrogen-bond acceptors (Lipinski definition) is 2. The second-order valence-electron chi connectivity index (χ2n) is 2.07. The van der Waals surface area contributed by atoms with Crippen LogP contribution in [0.25, 0.3) is 0 Å². The lowest BCUT2D eigenvalue weighted by molar-refractivity contribution is 0.0499. The Morgan fingerprint density at radius 2 is 1.83 bits per heavy atom. The Bertz CT molecular complexity index is 130. The molecular formula is C6H11ClF3NS. The molecule has 0 aromatic carbocycles. The van der Waals surface area contributed by atoms with Crippen LogP contribution in [0.2, 0.25) is 0 Å². The van der Waals surface area contributed by atoms with E-state index < -0.39 is 10.9 Å². The Hall–Kier alpha value is 0.390. The predicted octanol–water partition coefficient (Wildman–Crippen LogP) is 3.10. The third-order valence-corrected chi connectivity index (χ3v) is 2.84. The maximum absolute atomic E-state index is 12.6. The van der Waals surface area contributed by atoms with Crippen molar-refractivity contribution in [1.82, 2.24) is 4.31 Å². The first-order valence-electron chi connectivity index (χ1n) is 3.54. The van der Waals surface area contributed by atoms with Gasteiger partial charge in [-0.15, -0.1) is 0 Å². The molecule has 1 unspecified atom stereocenters. The summed E-state index contributed by atoms with van der Waals surface area (Å²) in [7, 11) is 0. The largest absolute Gasteiger partial charge is 0.351 e. The van der Waals surface area contributed by atoms with Crippen molar-refractivity contribution in [3.63, 3.8) is 0 Å². The van der Waals surface area contributed by atoms with Gasteiger partial charge in [0.05, 0.1) is 0 Å². The van der Waals surface area contributed by atoms with Crippen LogP contribution in [0.3, 0.4) is 0 Å². The van der Waals surface area contributed by atoms with E-state index in [9.17, 15) is 13.2 Å². The first-order chi connectivity index (χ1) is 5.44. The number of alkyl halides is 4. The zero-order valence-electron chi connectivity index (χ0n) is 6.86. The molecule has 0 aromatic heterocycles. The molecule has 0 aromatic rings. The highest BCUT2D eigenvalue weighted by Gasteiger charge is 2.41. The summed E-state index contributed by atoms with van der Waals surface area (Å²) < 4.78 is 38.6. The van der Waals surface area contributed by atoms with Crippen LogP contribution in [0.1, 0.15) is 13.8 Å². The number of rotatable bonds is 5. The first-order valence-corrected chi connectivity index (χ1v) is 4.75. The Balaban J connectivity index is 4.02. The van der Waals surface area contributed by atoms with E-state index in [2.05, 4.69) is 11.6 Å². The predicted molar refractivity (Wildman–Crippen MR) is 46.2 cm³/mol. The van der Waals surface area contributed by atoms with Crippen LogP contribution in [0, 0.1) is 0 Å². The highest BCUT2D eigenvalue weighted by Crippen LogP contribution is 2.38. The minimum absolute atomic E-state index is 0.148. The third-order valence-electron chi connectivity index (χ3n) is 1.21. The minimum Gasteiger partial charge on any atom is -0.246 e. The van der Waals surface area contributed by atoms with Crippen LogP contribution in [0.5, 0.6) is 0 Å². The van der Waals surface area contributed by atoms with Crippen molar-refractivity contribution >= 4 is 23.5 Å². The molecule has 0 saturated heterocycles. The van der Waals surface area contributed by atoms with Crippen molar-refractivity contribution in [3.8, 4) is 0 Å². The van der Waals surface area contributed by atoms with Gasteiger partial charge in [-0.1, -0.05) is 25.4 Å². The van der Waals surface area contributed by atoms with Crippen LogP contribution in [-0.4, -0.2) is 28.3 Å². The molecule has 6 heteroatoms. The van der Waals surface area contributed by atoms with Gasteiger partial charge in [0, 0.05) is 25.0 Å². The van der Waals surface area contributed by atoms with Crippen molar-refractivity contribution in [3.05, 3.63) is 0 Å². The summed E-state index contributed by atoms with van der Waals surface area (Å²) in [6.45, 7) is 4.29. The topological polar surface area (TPSA) is 3.24 Å². The van der Waals surface area contributed by atoms with Crippen molar-refractivity contribution in [1.29, 1.82) is 0 Å². The van der Waals surface area contributed by atoms with E-state index in [1.54, 1.807) is 13.8 Å². The van der Waals surface area contributed by atoms with Crippen molar-refractivity contribution in [2.24, 2.45) is 0 Å². The number of hydrogen-bond donors (Lipinski definition) is 0. The quantitative estimate of drug-likeness (QED) is 0.519. The zero-order chi connectivity index (χ0) is 9.78. The monoisotopic (exact) mass is 221 g/mol. The lowest BCUT2D eigenvalue weighted by atomic mass is 10.7. The highest BCUT2D eigenvalue weighted by molar-refractivity contribution is 7.98. The zero-order valence-corrected chi connectivity index (χ0v) is 8.43. The van der Waals surface area contributed by atoms with Crippen LogP contribution in [-0.2, 0) is 0 Å². The summed E-state index contributed by atoms with van der Waals surface area (Å²) in [4.78, 5) is 0. The van der Waals surface area contributed by atoms with Crippen LogP contribution >= 0.6 is 23.5 Å². The van der Waals surface area contributed by atoms with Crippen LogP contribution in [0.15, 0.2) is 0 Å². The Morgan fingerprint density at radius 1 is 1.42 bits per heavy atom. The van der Waals surface area contributed by atoms with E-state index in [0.29, 0.717) is 13.1 Å². The van der Waals surface area contributed by atoms with Gasteiger partial charge in [-0.05, 0) is 0 Å². The molecule has 0 heterocycles. The van der Waals surface area contributed by atoms with E-state index in [0.717, 1.165) is 0 Å². The van der Waals surface area contributed by atoms with Gasteiger partial charge in [0.25, 0.3) is 0 Å². The molecule has 0 amide bonds. The molecule has 12 heavy (non-hydrogen) atoms. The fourth-order valence-electron chi connectivity index (χ4n) is 0.565. The molecule has 0 fully saturated rings. The molecule has 0 spiro atoms. The molecular weight excluding hydrogens is 211 g/mol. The SMILES string of the molecule is CCN(CC)SC(F)(F)C(F)Cl. The van der Waals surface area contributed by atoms with E-state index in [-0.39, 0.29) is 11.9 Å². The molecule has 0 rings (SSSR count). The Kier molecular flexibility index (Phi) is 5.36. The number of halogens is 4. The van der Waals surface area contributed by atoms with Gasteiger partial charge in [0.15, 0.2) is 0 Å². The smallest absolute Gasteiger partial charge is 0.246 e. The molecule has 0 aliphatic rings. The van der Waals surface area contributed by atoms with E-state index in [4.69, 9.17) is 0 Å². The molecule has 0 aliphatic carbocycles. The number of nitrogens with zero attached hydrogens (tertiary/aromatic N) is 1. The lowest BCUT2D eigenvalue weighted by Crippen LogP contribution is -2.28. The standard InChI is InChI=1S/C6H11ClF3NS/c1-3-11(4-2)12-6(9,10)5(7)8/h5H,3-4H2,1-2H3. The Morgan fingerprint density at radius 3 is 2.08 bits per heavy atom. The van der Waals surface area contributed by atoms with Crippen LogP contribution in [0.4, 0.5) is 13.2 Å². The first kappa shape index (κ1) is 12.4. The summed E-state index contributed by atoms with van der Waals surface area (Å²) in [6, 6.07) is 0. The third kappa shape index (κ3) is 3.87. The average molecular weight is 222 g/mol. The van der Waals surface area contributed by atoms with Gasteiger partial charge < -0.3 is 0 Å². The normalized spacial score (nSPS) is 15.2. The van der Waals surface area contributed by atoms with Crippen molar-refractivity contribution in [2.75, 3.05) is 13.1 Å². The van der Waals surface area contributed by atoms with Crippen LogP contribution < -0.4 is 0 Å². The van der Waals surface area contributed by atoms with E-state index in [1.807, 2.05) is 0 Å². The lowest BCUT2D eigenvalue weighted by Gasteiger charge is -2.23. The van der Waals surface area contributed by atoms with Gasteiger partial charge in [-0.25, -0.2) is 8.70 Å². The van der Waals surface area contributed by atoms with Crippen molar-refractivity contribution < 1.29 is 13.2 Å². The summed E-state index contributed by atoms with van der Waals surface area (Å²) in [5, 5.41) is -3.53. The fourth-order valence-corrected chi connectivity index (χ4v) is 1.37. The van der Waals surface area contributed by atoms with Gasteiger partial charge in [-0.2, -0.15) is 8.78 Å². The second-order valence-corrected chi connectivity index (χ2v) is 3.69. The molecule has 0 radical (unpaired) electrons. The maximum Gasteiger partial charge on any atom is 0.351 e. The fraction of sp³-hybridized carbons (Fsp3) is 1.00. The van der Waals surface area contributed by atoms with E-state index in [1.165, 1.54) is 4.31 Å².